The second kappa shape index (κ2) is 11.0. The molecule has 202 valence electrons. The van der Waals surface area contributed by atoms with E-state index in [2.05, 4.69) is 0 Å². The van der Waals surface area contributed by atoms with Crippen LogP contribution < -0.4 is 9.47 Å². The highest BCUT2D eigenvalue weighted by molar-refractivity contribution is 6.10. The van der Waals surface area contributed by atoms with Crippen LogP contribution in [0.5, 0.6) is 11.5 Å². The first-order valence-corrected chi connectivity index (χ1v) is 11.6. The van der Waals surface area contributed by atoms with Crippen molar-refractivity contribution in [2.24, 2.45) is 0 Å². The van der Waals surface area contributed by atoms with Crippen molar-refractivity contribution < 1.29 is 53.9 Å². The number of hydrogen-bond donors (Lipinski definition) is 4. The molecule has 0 saturated carbocycles. The van der Waals surface area contributed by atoms with Crippen LogP contribution >= 0.6 is 0 Å². The maximum absolute atomic E-state index is 13.0. The van der Waals surface area contributed by atoms with Gasteiger partial charge in [-0.3, -0.25) is 4.79 Å². The zero-order valence-corrected chi connectivity index (χ0v) is 20.4. The second-order valence-electron chi connectivity index (χ2n) is 8.49. The highest BCUT2D eigenvalue weighted by Gasteiger charge is 2.38. The van der Waals surface area contributed by atoms with Crippen LogP contribution in [0.1, 0.15) is 58.2 Å². The number of carboxylic acid groups (broad SMARTS) is 4. The number of hydrogen-bond acceptors (Lipinski definition) is 7. The molecule has 0 aromatic heterocycles. The highest BCUT2D eigenvalue weighted by atomic mass is 16.7. The van der Waals surface area contributed by atoms with Gasteiger partial charge in [-0.2, -0.15) is 0 Å². The highest BCUT2D eigenvalue weighted by Crippen LogP contribution is 2.36. The molecule has 3 aromatic carbocycles. The van der Waals surface area contributed by atoms with Gasteiger partial charge in [-0.1, -0.05) is 48.5 Å². The molecule has 0 saturated heterocycles. The average molecular weight is 544 g/mol. The summed E-state index contributed by atoms with van der Waals surface area (Å²) in [5.74, 6) is -9.49. The molecule has 0 unspecified atom stereocenters. The van der Waals surface area contributed by atoms with Gasteiger partial charge < -0.3 is 29.9 Å². The lowest BCUT2D eigenvalue weighted by Crippen LogP contribution is -2.42. The molecule has 0 amide bonds. The lowest BCUT2D eigenvalue weighted by Gasteiger charge is -2.34. The largest absolute Gasteiger partial charge is 0.478 e. The van der Waals surface area contributed by atoms with E-state index in [1.54, 1.807) is 30.3 Å². The van der Waals surface area contributed by atoms with Crippen molar-refractivity contribution in [3.05, 3.63) is 118 Å². The third kappa shape index (κ3) is 5.43. The summed E-state index contributed by atoms with van der Waals surface area (Å²) in [6.07, 6.45) is 3.74. The van der Waals surface area contributed by atoms with Gasteiger partial charge in [0.15, 0.2) is 5.78 Å². The Kier molecular flexibility index (Phi) is 7.48. The van der Waals surface area contributed by atoms with Crippen molar-refractivity contribution in [1.82, 2.24) is 0 Å². The van der Waals surface area contributed by atoms with Crippen LogP contribution in [0, 0.1) is 0 Å². The smallest absolute Gasteiger partial charge is 0.340 e. The summed E-state index contributed by atoms with van der Waals surface area (Å²) in [5.41, 5.74) is -1.93. The summed E-state index contributed by atoms with van der Waals surface area (Å²) in [6, 6.07) is 15.3. The number of ether oxygens (including phenoxy) is 2. The third-order valence-corrected chi connectivity index (χ3v) is 5.93. The Hall–Kier alpha value is -5.71. The van der Waals surface area contributed by atoms with Gasteiger partial charge in [0.05, 0.1) is 11.1 Å². The maximum Gasteiger partial charge on any atom is 0.340 e. The number of ketones is 1. The van der Waals surface area contributed by atoms with Gasteiger partial charge >= 0.3 is 23.9 Å². The first-order valence-electron chi connectivity index (χ1n) is 11.6. The molecule has 4 rings (SSSR count). The minimum absolute atomic E-state index is 0.226. The minimum Gasteiger partial charge on any atom is -0.478 e. The molecule has 4 N–H and O–H groups in total. The van der Waals surface area contributed by atoms with Crippen molar-refractivity contribution >= 4 is 29.7 Å². The number of allylic oxidation sites excluding steroid dienone is 2. The molecule has 0 aliphatic heterocycles. The fourth-order valence-electron chi connectivity index (χ4n) is 4.10. The van der Waals surface area contributed by atoms with Gasteiger partial charge in [0.2, 0.25) is 0 Å². The maximum atomic E-state index is 13.0. The molecule has 1 aliphatic carbocycles. The molecule has 0 fully saturated rings. The van der Waals surface area contributed by atoms with Gasteiger partial charge in [0.25, 0.3) is 5.79 Å². The first kappa shape index (κ1) is 27.3. The molecule has 40 heavy (non-hydrogen) atoms. The van der Waals surface area contributed by atoms with Crippen LogP contribution in [0.2, 0.25) is 0 Å². The number of aromatic carboxylic acids is 4. The molecule has 3 aromatic rings. The Labute approximate surface area is 225 Å². The van der Waals surface area contributed by atoms with E-state index in [0.29, 0.717) is 5.56 Å². The van der Waals surface area contributed by atoms with E-state index in [4.69, 9.17) is 9.47 Å². The predicted molar refractivity (Wildman–Crippen MR) is 137 cm³/mol. The van der Waals surface area contributed by atoms with E-state index >= 15 is 0 Å². The van der Waals surface area contributed by atoms with Crippen LogP contribution in [0.15, 0.2) is 90.5 Å². The van der Waals surface area contributed by atoms with Gasteiger partial charge in [-0.15, -0.1) is 0 Å². The summed E-state index contributed by atoms with van der Waals surface area (Å²) >= 11 is 0. The summed E-state index contributed by atoms with van der Waals surface area (Å²) in [7, 11) is 0. The van der Waals surface area contributed by atoms with Crippen molar-refractivity contribution in [2.45, 2.75) is 12.2 Å². The summed E-state index contributed by atoms with van der Waals surface area (Å²) in [5, 5.41) is 38.5. The van der Waals surface area contributed by atoms with E-state index in [1.165, 1.54) is 42.5 Å². The van der Waals surface area contributed by atoms with Crippen LogP contribution in [-0.2, 0) is 0 Å². The summed E-state index contributed by atoms with van der Waals surface area (Å²) in [6.45, 7) is 0. The van der Waals surface area contributed by atoms with Gasteiger partial charge in [-0.05, 0) is 30.3 Å². The zero-order chi connectivity index (χ0) is 29.0. The molecule has 0 bridgehead atoms. The molecular formula is C29H20O11. The molecule has 11 heteroatoms. The van der Waals surface area contributed by atoms with Crippen molar-refractivity contribution in [3.8, 4) is 11.5 Å². The van der Waals surface area contributed by atoms with Gasteiger partial charge in [0.1, 0.15) is 22.6 Å². The van der Waals surface area contributed by atoms with Crippen LogP contribution in [0.3, 0.4) is 0 Å². The van der Waals surface area contributed by atoms with E-state index in [0.717, 1.165) is 12.1 Å². The topological polar surface area (TPSA) is 185 Å². The Morgan fingerprint density at radius 3 is 1.52 bits per heavy atom. The third-order valence-electron chi connectivity index (χ3n) is 5.93. The molecule has 0 radical (unpaired) electrons. The summed E-state index contributed by atoms with van der Waals surface area (Å²) < 4.78 is 11.9. The van der Waals surface area contributed by atoms with Gasteiger partial charge in [0, 0.05) is 23.6 Å². The van der Waals surface area contributed by atoms with Crippen molar-refractivity contribution in [1.29, 1.82) is 0 Å². The van der Waals surface area contributed by atoms with Gasteiger partial charge in [-0.25, -0.2) is 19.2 Å². The fourth-order valence-corrected chi connectivity index (χ4v) is 4.10. The van der Waals surface area contributed by atoms with Crippen LogP contribution in [-0.4, -0.2) is 55.9 Å². The SMILES string of the molecule is O=C(C1=CCC(Oc2cccc(C(=O)O)c2C(=O)O)(Oc2cccc(C(=O)O)c2C(=O)O)C=C1)c1ccccc1. The van der Waals surface area contributed by atoms with Crippen LogP contribution in [0.4, 0.5) is 0 Å². The normalized spacial score (nSPS) is 13.6. The van der Waals surface area contributed by atoms with Crippen molar-refractivity contribution in [3.63, 3.8) is 0 Å². The van der Waals surface area contributed by atoms with E-state index in [1.807, 2.05) is 0 Å². The Bertz CT molecular complexity index is 1520. The number of carboxylic acids is 4. The molecular weight excluding hydrogens is 524 g/mol. The lowest BCUT2D eigenvalue weighted by atomic mass is 9.95. The second-order valence-corrected chi connectivity index (χ2v) is 8.49. The minimum atomic E-state index is -2.01. The quantitative estimate of drug-likeness (QED) is 0.209. The number of rotatable bonds is 10. The zero-order valence-electron chi connectivity index (χ0n) is 20.4. The first-order chi connectivity index (χ1) is 19.0. The predicted octanol–water partition coefficient (Wildman–Crippen LogP) is 4.40. The van der Waals surface area contributed by atoms with E-state index in [9.17, 15) is 44.4 Å². The Balaban J connectivity index is 1.83. The molecule has 11 nitrogen and oxygen atoms in total. The molecule has 0 spiro atoms. The Morgan fingerprint density at radius 1 is 0.625 bits per heavy atom. The van der Waals surface area contributed by atoms with Crippen molar-refractivity contribution in [2.75, 3.05) is 0 Å². The summed E-state index contributed by atoms with van der Waals surface area (Å²) in [4.78, 5) is 60.4. The number of Topliss-reactive ketones (excluding diaryl/α,β-unsaturated/α-hetero) is 1. The van der Waals surface area contributed by atoms with E-state index < -0.39 is 63.4 Å². The van der Waals surface area contributed by atoms with Crippen LogP contribution in [0.25, 0.3) is 0 Å². The van der Waals surface area contributed by atoms with E-state index in [-0.39, 0.29) is 17.8 Å². The molecule has 1 aliphatic rings. The number of carbonyl (C=O) groups excluding carboxylic acids is 1. The lowest BCUT2D eigenvalue weighted by molar-refractivity contribution is -0.0699. The number of carbonyl (C=O) groups is 5. The monoisotopic (exact) mass is 544 g/mol. The Morgan fingerprint density at radius 2 is 1.12 bits per heavy atom. The average Bonchev–Trinajstić information content (AvgIpc) is 2.93. The molecule has 0 atom stereocenters. The fraction of sp³-hybridized carbons (Fsp3) is 0.0690. The number of benzene rings is 3. The standard InChI is InChI=1S/C29H20O11/c30-24(16-6-2-1-3-7-16)17-12-14-29(15-13-17,39-20-10-4-8-18(25(31)32)22(20)27(35)36)40-21-11-5-9-19(26(33)34)23(21)28(37)38/h1-14H,15H2,(H,31,32)(H,33,34)(H,35,36)(H,37,38). The molecule has 0 heterocycles.